The highest BCUT2D eigenvalue weighted by atomic mass is 16.2. The third kappa shape index (κ3) is 2.39. The van der Waals surface area contributed by atoms with Crippen LogP contribution in [0.25, 0.3) is 0 Å². The highest BCUT2D eigenvalue weighted by Crippen LogP contribution is 2.38. The van der Waals surface area contributed by atoms with E-state index in [4.69, 9.17) is 0 Å². The van der Waals surface area contributed by atoms with Crippen molar-refractivity contribution < 1.29 is 9.59 Å². The molecule has 0 atom stereocenters. The van der Waals surface area contributed by atoms with Crippen LogP contribution in [-0.4, -0.2) is 11.6 Å². The molecule has 0 saturated heterocycles. The van der Waals surface area contributed by atoms with Gasteiger partial charge in [-0.05, 0) is 5.41 Å². The second kappa shape index (κ2) is 3.60. The number of ketones is 2. The quantitative estimate of drug-likeness (QED) is 0.632. The van der Waals surface area contributed by atoms with Gasteiger partial charge in [-0.25, -0.2) is 0 Å². The minimum absolute atomic E-state index is 0.172. The number of rotatable bonds is 3. The van der Waals surface area contributed by atoms with Crippen LogP contribution < -0.4 is 0 Å². The average molecular weight is 184 g/mol. The molecule has 0 aliphatic rings. The molecule has 0 rings (SSSR count). The maximum Gasteiger partial charge on any atom is 0.204 e. The fourth-order valence-electron chi connectivity index (χ4n) is 0.850. The Kier molecular flexibility index (Phi) is 3.42. The second-order valence-electron chi connectivity index (χ2n) is 4.98. The van der Waals surface area contributed by atoms with E-state index in [2.05, 4.69) is 0 Å². The van der Waals surface area contributed by atoms with Crippen molar-refractivity contribution in [2.75, 3.05) is 0 Å². The summed E-state index contributed by atoms with van der Waals surface area (Å²) in [6.07, 6.45) is 0.304. The van der Waals surface area contributed by atoms with Gasteiger partial charge < -0.3 is 0 Å². The van der Waals surface area contributed by atoms with Crippen molar-refractivity contribution in [2.45, 2.75) is 48.0 Å². The predicted octanol–water partition coefficient (Wildman–Crippen LogP) is 2.61. The first-order valence-corrected chi connectivity index (χ1v) is 4.72. The third-order valence-electron chi connectivity index (χ3n) is 3.02. The molecule has 2 heteroatoms. The molecule has 0 unspecified atom stereocenters. The maximum absolute atomic E-state index is 11.7. The number of hydrogen-bond acceptors (Lipinski definition) is 2. The van der Waals surface area contributed by atoms with Gasteiger partial charge in [0.25, 0.3) is 0 Å². The lowest BCUT2D eigenvalue weighted by Crippen LogP contribution is -2.41. The standard InChI is InChI=1S/C11H20O2/c1-7-8(12)9(13)11(5,6)10(2,3)4/h7H2,1-6H3. The van der Waals surface area contributed by atoms with E-state index in [-0.39, 0.29) is 17.0 Å². The summed E-state index contributed by atoms with van der Waals surface area (Å²) in [5.74, 6) is -0.512. The Morgan fingerprint density at radius 3 is 1.62 bits per heavy atom. The van der Waals surface area contributed by atoms with Crippen LogP contribution in [0.15, 0.2) is 0 Å². The molecule has 0 amide bonds. The molecule has 0 radical (unpaired) electrons. The summed E-state index contributed by atoms with van der Waals surface area (Å²) in [4.78, 5) is 22.9. The van der Waals surface area contributed by atoms with Crippen molar-refractivity contribution >= 4 is 11.6 Å². The third-order valence-corrected chi connectivity index (χ3v) is 3.02. The second-order valence-corrected chi connectivity index (χ2v) is 4.98. The molecule has 13 heavy (non-hydrogen) atoms. The summed E-state index contributed by atoms with van der Waals surface area (Å²) >= 11 is 0. The van der Waals surface area contributed by atoms with Crippen LogP contribution in [0.2, 0.25) is 0 Å². The fourth-order valence-corrected chi connectivity index (χ4v) is 0.850. The molecule has 0 spiro atoms. The zero-order valence-electron chi connectivity index (χ0n) is 9.52. The first-order valence-electron chi connectivity index (χ1n) is 4.72. The van der Waals surface area contributed by atoms with E-state index in [0.717, 1.165) is 0 Å². The summed E-state index contributed by atoms with van der Waals surface area (Å²) < 4.78 is 0. The van der Waals surface area contributed by atoms with Crippen LogP contribution in [0.5, 0.6) is 0 Å². The molecule has 0 N–H and O–H groups in total. The zero-order chi connectivity index (χ0) is 10.9. The number of Topliss-reactive ketones (excluding diaryl/α,β-unsaturated/α-hetero) is 2. The van der Waals surface area contributed by atoms with Gasteiger partial charge in [0.2, 0.25) is 5.78 Å². The van der Waals surface area contributed by atoms with Crippen LogP contribution >= 0.6 is 0 Å². The molecular weight excluding hydrogens is 164 g/mol. The molecule has 2 nitrogen and oxygen atoms in total. The van der Waals surface area contributed by atoms with Gasteiger partial charge in [-0.3, -0.25) is 9.59 Å². The van der Waals surface area contributed by atoms with Gasteiger partial charge in [-0.15, -0.1) is 0 Å². The van der Waals surface area contributed by atoms with Crippen molar-refractivity contribution in [2.24, 2.45) is 10.8 Å². The Morgan fingerprint density at radius 1 is 1.00 bits per heavy atom. The van der Waals surface area contributed by atoms with E-state index in [1.807, 2.05) is 34.6 Å². The fraction of sp³-hybridized carbons (Fsp3) is 0.818. The minimum atomic E-state index is -0.569. The largest absolute Gasteiger partial charge is 0.291 e. The van der Waals surface area contributed by atoms with E-state index in [1.165, 1.54) is 0 Å². The van der Waals surface area contributed by atoms with Crippen LogP contribution in [0.1, 0.15) is 48.0 Å². The Bertz CT molecular complexity index is 219. The lowest BCUT2D eigenvalue weighted by molar-refractivity contribution is -0.145. The van der Waals surface area contributed by atoms with Crippen LogP contribution in [0, 0.1) is 10.8 Å². The monoisotopic (exact) mass is 184 g/mol. The highest BCUT2D eigenvalue weighted by molar-refractivity contribution is 6.39. The first-order chi connectivity index (χ1) is 5.64. The van der Waals surface area contributed by atoms with Crippen LogP contribution in [-0.2, 0) is 9.59 Å². The molecule has 0 aliphatic carbocycles. The van der Waals surface area contributed by atoms with Crippen LogP contribution in [0.3, 0.4) is 0 Å². The molecule has 0 fully saturated rings. The molecule has 0 aromatic heterocycles. The smallest absolute Gasteiger partial charge is 0.204 e. The summed E-state index contributed by atoms with van der Waals surface area (Å²) in [6.45, 7) is 11.3. The minimum Gasteiger partial charge on any atom is -0.291 e. The number of carbonyl (C=O) groups is 2. The normalized spacial score (nSPS) is 12.8. The molecule has 0 aliphatic heterocycles. The summed E-state index contributed by atoms with van der Waals surface area (Å²) in [5, 5.41) is 0. The van der Waals surface area contributed by atoms with Crippen molar-refractivity contribution in [1.82, 2.24) is 0 Å². The van der Waals surface area contributed by atoms with E-state index in [1.54, 1.807) is 6.92 Å². The van der Waals surface area contributed by atoms with Gasteiger partial charge in [0, 0.05) is 11.8 Å². The van der Waals surface area contributed by atoms with Crippen LogP contribution in [0.4, 0.5) is 0 Å². The Hall–Kier alpha value is -0.660. The van der Waals surface area contributed by atoms with Gasteiger partial charge in [-0.1, -0.05) is 41.5 Å². The van der Waals surface area contributed by atoms with Crippen molar-refractivity contribution in [3.8, 4) is 0 Å². The van der Waals surface area contributed by atoms with Gasteiger partial charge in [-0.2, -0.15) is 0 Å². The molecule has 76 valence electrons. The van der Waals surface area contributed by atoms with Gasteiger partial charge >= 0.3 is 0 Å². The van der Waals surface area contributed by atoms with Gasteiger partial charge in [0.1, 0.15) is 0 Å². The van der Waals surface area contributed by atoms with E-state index >= 15 is 0 Å². The zero-order valence-corrected chi connectivity index (χ0v) is 9.52. The van der Waals surface area contributed by atoms with Crippen molar-refractivity contribution in [3.63, 3.8) is 0 Å². The summed E-state index contributed by atoms with van der Waals surface area (Å²) in [5.41, 5.74) is -0.741. The predicted molar refractivity (Wildman–Crippen MR) is 53.5 cm³/mol. The lowest BCUT2D eigenvalue weighted by atomic mass is 9.66. The van der Waals surface area contributed by atoms with E-state index in [9.17, 15) is 9.59 Å². The Balaban J connectivity index is 4.86. The van der Waals surface area contributed by atoms with Gasteiger partial charge in [0.15, 0.2) is 5.78 Å². The Morgan fingerprint density at radius 2 is 1.38 bits per heavy atom. The number of carbonyl (C=O) groups excluding carboxylic acids is 2. The molecular formula is C11H20O2. The first kappa shape index (κ1) is 12.3. The molecule has 0 aromatic rings. The molecule has 0 aromatic carbocycles. The molecule has 0 saturated carbocycles. The van der Waals surface area contributed by atoms with E-state index < -0.39 is 5.41 Å². The maximum atomic E-state index is 11.7. The van der Waals surface area contributed by atoms with Crippen molar-refractivity contribution in [1.29, 1.82) is 0 Å². The molecule has 0 bridgehead atoms. The summed E-state index contributed by atoms with van der Waals surface area (Å²) in [7, 11) is 0. The topological polar surface area (TPSA) is 34.1 Å². The van der Waals surface area contributed by atoms with Gasteiger partial charge in [0.05, 0.1) is 0 Å². The number of hydrogen-bond donors (Lipinski definition) is 0. The van der Waals surface area contributed by atoms with E-state index in [0.29, 0.717) is 6.42 Å². The lowest BCUT2D eigenvalue weighted by Gasteiger charge is -2.36. The molecule has 0 heterocycles. The SMILES string of the molecule is CCC(=O)C(=O)C(C)(C)C(C)(C)C. The average Bonchev–Trinajstić information content (AvgIpc) is 1.99. The summed E-state index contributed by atoms with van der Waals surface area (Å²) in [6, 6.07) is 0. The van der Waals surface area contributed by atoms with Crippen molar-refractivity contribution in [3.05, 3.63) is 0 Å². The Labute approximate surface area is 80.7 Å². The highest BCUT2D eigenvalue weighted by Gasteiger charge is 2.41.